The maximum atomic E-state index is 10.9. The lowest BCUT2D eigenvalue weighted by atomic mass is 9.85. The third kappa shape index (κ3) is 4.02. The number of rotatable bonds is 3. The first-order valence-electron chi connectivity index (χ1n) is 5.56. The second-order valence-electron chi connectivity index (χ2n) is 5.11. The molecule has 0 N–H and O–H groups in total. The Morgan fingerprint density at radius 3 is 2.41 bits per heavy atom. The van der Waals surface area contributed by atoms with Gasteiger partial charge in [-0.15, -0.1) is 0 Å². The molecule has 0 aliphatic rings. The van der Waals surface area contributed by atoms with Crippen LogP contribution in [0.15, 0.2) is 18.2 Å². The Labute approximate surface area is 102 Å². The molecule has 92 valence electrons. The molecule has 0 atom stereocenters. The Balaban J connectivity index is 3.05. The van der Waals surface area contributed by atoms with Gasteiger partial charge in [-0.2, -0.15) is 0 Å². The minimum Gasteiger partial charge on any atom is -0.461 e. The smallest absolute Gasteiger partial charge is 0.302 e. The van der Waals surface area contributed by atoms with E-state index in [1.807, 2.05) is 12.1 Å². The Hall–Kier alpha value is -1.64. The van der Waals surface area contributed by atoms with Crippen LogP contribution >= 0.6 is 0 Å². The number of esters is 1. The van der Waals surface area contributed by atoms with Crippen molar-refractivity contribution in [2.45, 2.75) is 39.7 Å². The first kappa shape index (κ1) is 13.4. The van der Waals surface area contributed by atoms with E-state index in [4.69, 9.17) is 4.74 Å². The highest BCUT2D eigenvalue weighted by Crippen LogP contribution is 2.24. The molecule has 1 aromatic rings. The van der Waals surface area contributed by atoms with Gasteiger partial charge in [-0.05, 0) is 28.7 Å². The fourth-order valence-corrected chi connectivity index (χ4v) is 1.49. The molecular weight excluding hydrogens is 216 g/mol. The normalized spacial score (nSPS) is 11.1. The van der Waals surface area contributed by atoms with Crippen molar-refractivity contribution in [1.29, 1.82) is 0 Å². The first-order chi connectivity index (χ1) is 7.82. The summed E-state index contributed by atoms with van der Waals surface area (Å²) in [5.41, 5.74) is 2.47. The molecule has 0 heterocycles. The van der Waals surface area contributed by atoms with Crippen LogP contribution in [0.5, 0.6) is 0 Å². The summed E-state index contributed by atoms with van der Waals surface area (Å²) in [6, 6.07) is 5.57. The summed E-state index contributed by atoms with van der Waals surface area (Å²) in [5.74, 6) is -0.321. The Morgan fingerprint density at radius 1 is 1.29 bits per heavy atom. The zero-order valence-corrected chi connectivity index (χ0v) is 10.7. The van der Waals surface area contributed by atoms with Gasteiger partial charge in [-0.3, -0.25) is 9.59 Å². The summed E-state index contributed by atoms with van der Waals surface area (Å²) in [5, 5.41) is 0. The molecule has 0 bridgehead atoms. The molecule has 1 aromatic carbocycles. The van der Waals surface area contributed by atoms with Crippen LogP contribution in [0.25, 0.3) is 0 Å². The molecule has 0 amide bonds. The Bertz CT molecular complexity index is 428. The van der Waals surface area contributed by atoms with Crippen molar-refractivity contribution >= 4 is 12.3 Å². The molecule has 3 heteroatoms. The highest BCUT2D eigenvalue weighted by molar-refractivity contribution is 5.75. The average Bonchev–Trinajstić information content (AvgIpc) is 2.24. The molecule has 1 rings (SSSR count). The van der Waals surface area contributed by atoms with Gasteiger partial charge in [-0.25, -0.2) is 0 Å². The fourth-order valence-electron chi connectivity index (χ4n) is 1.49. The van der Waals surface area contributed by atoms with E-state index in [0.29, 0.717) is 5.56 Å². The van der Waals surface area contributed by atoms with Crippen molar-refractivity contribution in [2.75, 3.05) is 0 Å². The quantitative estimate of drug-likeness (QED) is 0.596. The summed E-state index contributed by atoms with van der Waals surface area (Å²) in [6.07, 6.45) is 0.812. The van der Waals surface area contributed by atoms with Gasteiger partial charge in [0.05, 0.1) is 0 Å². The van der Waals surface area contributed by atoms with Crippen LogP contribution in [0.2, 0.25) is 0 Å². The van der Waals surface area contributed by atoms with Crippen molar-refractivity contribution in [3.63, 3.8) is 0 Å². The van der Waals surface area contributed by atoms with Gasteiger partial charge >= 0.3 is 5.97 Å². The molecule has 0 fully saturated rings. The molecule has 0 aliphatic carbocycles. The highest BCUT2D eigenvalue weighted by atomic mass is 16.5. The van der Waals surface area contributed by atoms with Gasteiger partial charge in [0, 0.05) is 12.5 Å². The molecule has 0 aliphatic heterocycles. The van der Waals surface area contributed by atoms with Gasteiger partial charge in [0.25, 0.3) is 0 Å². The molecule has 0 saturated carbocycles. The summed E-state index contributed by atoms with van der Waals surface area (Å²) >= 11 is 0. The second kappa shape index (κ2) is 5.13. The molecule has 0 radical (unpaired) electrons. The number of hydrogen-bond acceptors (Lipinski definition) is 3. The molecule has 0 aromatic heterocycles. The maximum absolute atomic E-state index is 10.9. The number of carbonyl (C=O) groups excluding carboxylic acids is 2. The molecular formula is C14H18O3. The molecule has 3 nitrogen and oxygen atoms in total. The lowest BCUT2D eigenvalue weighted by molar-refractivity contribution is -0.142. The first-order valence-corrected chi connectivity index (χ1v) is 5.56. The SMILES string of the molecule is CC(=O)OCc1cc(C=O)cc(C(C)(C)C)c1. The van der Waals surface area contributed by atoms with Crippen LogP contribution in [0.1, 0.15) is 49.2 Å². The third-order valence-electron chi connectivity index (χ3n) is 2.46. The topological polar surface area (TPSA) is 43.4 Å². The van der Waals surface area contributed by atoms with E-state index in [0.717, 1.165) is 17.4 Å². The van der Waals surface area contributed by atoms with Gasteiger partial charge in [-0.1, -0.05) is 26.8 Å². The summed E-state index contributed by atoms with van der Waals surface area (Å²) in [6.45, 7) is 7.81. The van der Waals surface area contributed by atoms with Crippen molar-refractivity contribution < 1.29 is 14.3 Å². The zero-order valence-electron chi connectivity index (χ0n) is 10.7. The lowest BCUT2D eigenvalue weighted by Crippen LogP contribution is -2.12. The van der Waals surface area contributed by atoms with Crippen LogP contribution in [-0.2, 0) is 21.6 Å². The van der Waals surface area contributed by atoms with Gasteiger partial charge in [0.15, 0.2) is 0 Å². The molecule has 0 saturated heterocycles. The Morgan fingerprint density at radius 2 is 1.94 bits per heavy atom. The van der Waals surface area contributed by atoms with Gasteiger partial charge in [0.2, 0.25) is 0 Å². The van der Waals surface area contributed by atoms with Crippen LogP contribution in [0, 0.1) is 0 Å². The number of benzene rings is 1. The summed E-state index contributed by atoms with van der Waals surface area (Å²) < 4.78 is 4.94. The lowest BCUT2D eigenvalue weighted by Gasteiger charge is -2.20. The largest absolute Gasteiger partial charge is 0.461 e. The standard InChI is InChI=1S/C14H18O3/c1-10(16)17-9-12-5-11(8-15)6-13(7-12)14(2,3)4/h5-8H,9H2,1-4H3. The monoisotopic (exact) mass is 234 g/mol. The number of aldehydes is 1. The van der Waals surface area contributed by atoms with Gasteiger partial charge < -0.3 is 4.74 Å². The second-order valence-corrected chi connectivity index (χ2v) is 5.11. The summed E-state index contributed by atoms with van der Waals surface area (Å²) in [4.78, 5) is 21.6. The Kier molecular flexibility index (Phi) is 4.05. The molecule has 17 heavy (non-hydrogen) atoms. The zero-order chi connectivity index (χ0) is 13.1. The third-order valence-corrected chi connectivity index (χ3v) is 2.46. The average molecular weight is 234 g/mol. The van der Waals surface area contributed by atoms with E-state index < -0.39 is 0 Å². The van der Waals surface area contributed by atoms with Crippen molar-refractivity contribution in [1.82, 2.24) is 0 Å². The van der Waals surface area contributed by atoms with Crippen LogP contribution in [0.4, 0.5) is 0 Å². The molecule has 0 spiro atoms. The van der Waals surface area contributed by atoms with Gasteiger partial charge in [0.1, 0.15) is 12.9 Å². The van der Waals surface area contributed by atoms with E-state index in [9.17, 15) is 9.59 Å². The van der Waals surface area contributed by atoms with Crippen molar-refractivity contribution in [3.8, 4) is 0 Å². The van der Waals surface area contributed by atoms with E-state index in [1.165, 1.54) is 6.92 Å². The number of carbonyl (C=O) groups is 2. The van der Waals surface area contributed by atoms with Crippen LogP contribution in [-0.4, -0.2) is 12.3 Å². The van der Waals surface area contributed by atoms with Crippen molar-refractivity contribution in [2.24, 2.45) is 0 Å². The van der Waals surface area contributed by atoms with E-state index in [1.54, 1.807) is 6.07 Å². The minimum atomic E-state index is -0.321. The van der Waals surface area contributed by atoms with E-state index in [2.05, 4.69) is 20.8 Å². The number of hydrogen-bond donors (Lipinski definition) is 0. The maximum Gasteiger partial charge on any atom is 0.302 e. The van der Waals surface area contributed by atoms with Crippen LogP contribution < -0.4 is 0 Å². The highest BCUT2D eigenvalue weighted by Gasteiger charge is 2.15. The van der Waals surface area contributed by atoms with E-state index >= 15 is 0 Å². The number of ether oxygens (including phenoxy) is 1. The van der Waals surface area contributed by atoms with Crippen molar-refractivity contribution in [3.05, 3.63) is 34.9 Å². The minimum absolute atomic E-state index is 0.0377. The summed E-state index contributed by atoms with van der Waals surface area (Å²) in [7, 11) is 0. The predicted molar refractivity (Wildman–Crippen MR) is 66.0 cm³/mol. The molecule has 0 unspecified atom stereocenters. The van der Waals surface area contributed by atoms with E-state index in [-0.39, 0.29) is 18.0 Å². The fraction of sp³-hybridized carbons (Fsp3) is 0.429. The predicted octanol–water partition coefficient (Wildman–Crippen LogP) is 2.86. The van der Waals surface area contributed by atoms with Crippen LogP contribution in [0.3, 0.4) is 0 Å².